The summed E-state index contributed by atoms with van der Waals surface area (Å²) in [6, 6.07) is 14.7. The SMILES string of the molecule is COc1ccc2ccc(Cl)c(C(O)CN3C4CCC3CC(NCc3ccc5c(c3)NC(=O)CO5)C4)c2n1. The van der Waals surface area contributed by atoms with Crippen molar-refractivity contribution in [2.45, 2.75) is 56.5 Å². The van der Waals surface area contributed by atoms with Gasteiger partial charge < -0.3 is 25.2 Å². The summed E-state index contributed by atoms with van der Waals surface area (Å²) in [5.74, 6) is 1.10. The number of halogens is 1. The van der Waals surface area contributed by atoms with Crippen molar-refractivity contribution in [2.75, 3.05) is 25.6 Å². The fourth-order valence-electron chi connectivity index (χ4n) is 6.13. The first-order valence-corrected chi connectivity index (χ1v) is 13.2. The third-order valence-corrected chi connectivity index (χ3v) is 8.23. The third kappa shape index (κ3) is 4.86. The monoisotopic (exact) mass is 522 g/mol. The lowest BCUT2D eigenvalue weighted by molar-refractivity contribution is -0.118. The van der Waals surface area contributed by atoms with Crippen LogP contribution in [0.15, 0.2) is 42.5 Å². The van der Waals surface area contributed by atoms with E-state index in [1.54, 1.807) is 7.11 Å². The number of pyridine rings is 1. The standard InChI is InChI=1S/C28H31ClN4O4/c1-36-26-9-4-17-3-7-21(29)27(28(17)32-26)23(34)14-33-19-5-6-20(33)12-18(11-19)30-13-16-2-8-24-22(10-16)31-25(35)15-37-24/h2-4,7-10,18-20,23,30,34H,5-6,11-15H2,1H3,(H,31,35). The van der Waals surface area contributed by atoms with Gasteiger partial charge in [-0.25, -0.2) is 4.98 Å². The van der Waals surface area contributed by atoms with Crippen LogP contribution in [-0.4, -0.2) is 59.3 Å². The molecule has 8 nitrogen and oxygen atoms in total. The van der Waals surface area contributed by atoms with E-state index in [0.717, 1.165) is 48.9 Å². The average molecular weight is 523 g/mol. The van der Waals surface area contributed by atoms with Crippen LogP contribution < -0.4 is 20.1 Å². The highest BCUT2D eigenvalue weighted by Gasteiger charge is 2.41. The lowest BCUT2D eigenvalue weighted by atomic mass is 9.95. The molecule has 0 aliphatic carbocycles. The molecule has 3 unspecified atom stereocenters. The smallest absolute Gasteiger partial charge is 0.262 e. The number of hydrogen-bond donors (Lipinski definition) is 3. The Bertz CT molecular complexity index is 1320. The summed E-state index contributed by atoms with van der Waals surface area (Å²) in [5.41, 5.74) is 3.21. The molecule has 3 N–H and O–H groups in total. The van der Waals surface area contributed by atoms with Crippen LogP contribution in [0.1, 0.15) is 42.9 Å². The van der Waals surface area contributed by atoms with Crippen molar-refractivity contribution in [3.63, 3.8) is 0 Å². The summed E-state index contributed by atoms with van der Waals surface area (Å²) in [7, 11) is 1.59. The van der Waals surface area contributed by atoms with Gasteiger partial charge in [0.2, 0.25) is 5.88 Å². The number of nitrogens with one attached hydrogen (secondary N) is 2. The Morgan fingerprint density at radius 3 is 2.78 bits per heavy atom. The van der Waals surface area contributed by atoms with Crippen LogP contribution in [0.5, 0.6) is 11.6 Å². The molecule has 194 valence electrons. The van der Waals surface area contributed by atoms with Crippen LogP contribution in [0.4, 0.5) is 5.69 Å². The molecule has 9 heteroatoms. The summed E-state index contributed by atoms with van der Waals surface area (Å²) >= 11 is 6.57. The van der Waals surface area contributed by atoms with Gasteiger partial charge in [-0.3, -0.25) is 9.69 Å². The van der Waals surface area contributed by atoms with Crippen molar-refractivity contribution in [3.05, 3.63) is 58.6 Å². The number of aliphatic hydroxyl groups excluding tert-OH is 1. The Morgan fingerprint density at radius 2 is 2.00 bits per heavy atom. The van der Waals surface area contributed by atoms with Gasteiger partial charge in [0.05, 0.1) is 24.4 Å². The Morgan fingerprint density at radius 1 is 1.22 bits per heavy atom. The predicted octanol–water partition coefficient (Wildman–Crippen LogP) is 4.05. The highest BCUT2D eigenvalue weighted by atomic mass is 35.5. The maximum absolute atomic E-state index is 11.6. The van der Waals surface area contributed by atoms with E-state index < -0.39 is 6.10 Å². The molecule has 3 aliphatic rings. The number of ether oxygens (including phenoxy) is 2. The minimum atomic E-state index is -0.739. The molecule has 0 radical (unpaired) electrons. The molecule has 1 amide bonds. The molecule has 2 bridgehead atoms. The van der Waals surface area contributed by atoms with E-state index in [4.69, 9.17) is 21.1 Å². The van der Waals surface area contributed by atoms with E-state index in [2.05, 4.69) is 20.5 Å². The van der Waals surface area contributed by atoms with Gasteiger partial charge in [0.15, 0.2) is 6.61 Å². The minimum Gasteiger partial charge on any atom is -0.482 e. The maximum Gasteiger partial charge on any atom is 0.262 e. The number of methoxy groups -OCH3 is 1. The van der Waals surface area contributed by atoms with E-state index in [1.165, 1.54) is 0 Å². The number of carbonyl (C=O) groups excluding carboxylic acids is 1. The van der Waals surface area contributed by atoms with Gasteiger partial charge in [0.1, 0.15) is 5.75 Å². The molecule has 3 aliphatic heterocycles. The predicted molar refractivity (Wildman–Crippen MR) is 142 cm³/mol. The number of rotatable bonds is 7. The van der Waals surface area contributed by atoms with Gasteiger partial charge in [-0.2, -0.15) is 0 Å². The van der Waals surface area contributed by atoms with Gasteiger partial charge in [-0.05, 0) is 55.5 Å². The Labute approximate surface area is 220 Å². The highest BCUT2D eigenvalue weighted by Crippen LogP contribution is 2.39. The lowest BCUT2D eigenvalue weighted by Gasteiger charge is -2.40. The van der Waals surface area contributed by atoms with E-state index in [1.807, 2.05) is 42.5 Å². The van der Waals surface area contributed by atoms with Crippen LogP contribution in [0.3, 0.4) is 0 Å². The summed E-state index contributed by atoms with van der Waals surface area (Å²) in [6.07, 6.45) is 3.59. The zero-order valence-corrected chi connectivity index (χ0v) is 21.5. The third-order valence-electron chi connectivity index (χ3n) is 7.90. The number of carbonyl (C=O) groups is 1. The molecular formula is C28H31ClN4O4. The number of hydrogen-bond acceptors (Lipinski definition) is 7. The van der Waals surface area contributed by atoms with E-state index in [0.29, 0.717) is 52.4 Å². The fraction of sp³-hybridized carbons (Fsp3) is 0.429. The first-order chi connectivity index (χ1) is 18.0. The van der Waals surface area contributed by atoms with E-state index >= 15 is 0 Å². The number of anilines is 1. The molecule has 4 heterocycles. The second-order valence-corrected chi connectivity index (χ2v) is 10.6. The Kier molecular flexibility index (Phi) is 6.67. The zero-order valence-electron chi connectivity index (χ0n) is 20.7. The number of piperidine rings is 1. The zero-order chi connectivity index (χ0) is 25.5. The molecule has 2 fully saturated rings. The number of fused-ring (bicyclic) bond motifs is 4. The van der Waals surface area contributed by atoms with E-state index in [9.17, 15) is 9.90 Å². The second-order valence-electron chi connectivity index (χ2n) is 10.2. The highest BCUT2D eigenvalue weighted by molar-refractivity contribution is 6.32. The number of amides is 1. The van der Waals surface area contributed by atoms with Crippen molar-refractivity contribution < 1.29 is 19.4 Å². The van der Waals surface area contributed by atoms with Crippen molar-refractivity contribution in [1.29, 1.82) is 0 Å². The summed E-state index contributed by atoms with van der Waals surface area (Å²) in [6.45, 7) is 1.33. The fourth-order valence-corrected chi connectivity index (χ4v) is 6.41. The largest absolute Gasteiger partial charge is 0.482 e. The molecule has 0 spiro atoms. The molecule has 0 saturated carbocycles. The number of benzene rings is 2. The van der Waals surface area contributed by atoms with Crippen molar-refractivity contribution in [2.24, 2.45) is 0 Å². The Hall–Kier alpha value is -2.91. The van der Waals surface area contributed by atoms with E-state index in [-0.39, 0.29) is 12.5 Å². The molecule has 2 saturated heterocycles. The van der Waals surface area contributed by atoms with Gasteiger partial charge in [-0.15, -0.1) is 0 Å². The molecule has 1 aromatic heterocycles. The number of aliphatic hydroxyl groups is 1. The molecule has 2 aromatic carbocycles. The first kappa shape index (κ1) is 24.4. The average Bonchev–Trinajstić information content (AvgIpc) is 3.12. The van der Waals surface area contributed by atoms with Gasteiger partial charge in [-0.1, -0.05) is 23.7 Å². The van der Waals surface area contributed by atoms with Gasteiger partial charge in [0.25, 0.3) is 5.91 Å². The minimum absolute atomic E-state index is 0.0675. The first-order valence-electron chi connectivity index (χ1n) is 12.8. The Balaban J connectivity index is 1.11. The number of nitrogens with zero attached hydrogens (tertiary/aromatic N) is 2. The molecule has 6 rings (SSSR count). The molecular weight excluding hydrogens is 492 g/mol. The quantitative estimate of drug-likeness (QED) is 0.431. The summed E-state index contributed by atoms with van der Waals surface area (Å²) in [5, 5.41) is 19.4. The van der Waals surface area contributed by atoms with Crippen LogP contribution in [0, 0.1) is 0 Å². The molecule has 3 atom stereocenters. The molecule has 37 heavy (non-hydrogen) atoms. The van der Waals surface area contributed by atoms with Crippen molar-refractivity contribution in [1.82, 2.24) is 15.2 Å². The van der Waals surface area contributed by atoms with Crippen LogP contribution in [-0.2, 0) is 11.3 Å². The van der Waals surface area contributed by atoms with Gasteiger partial charge in [0, 0.05) is 53.3 Å². The van der Waals surface area contributed by atoms with Crippen LogP contribution in [0.25, 0.3) is 10.9 Å². The van der Waals surface area contributed by atoms with Crippen molar-refractivity contribution in [3.8, 4) is 11.6 Å². The second kappa shape index (κ2) is 10.1. The van der Waals surface area contributed by atoms with Crippen molar-refractivity contribution >= 4 is 34.1 Å². The summed E-state index contributed by atoms with van der Waals surface area (Å²) in [4.78, 5) is 18.7. The van der Waals surface area contributed by atoms with Crippen LogP contribution in [0.2, 0.25) is 5.02 Å². The lowest BCUT2D eigenvalue weighted by Crippen LogP contribution is -2.50. The normalized spacial score (nSPS) is 23.9. The summed E-state index contributed by atoms with van der Waals surface area (Å²) < 4.78 is 10.8. The van der Waals surface area contributed by atoms with Gasteiger partial charge >= 0.3 is 0 Å². The maximum atomic E-state index is 11.6. The topological polar surface area (TPSA) is 96.0 Å². The number of aromatic nitrogens is 1. The van der Waals surface area contributed by atoms with Crippen LogP contribution >= 0.6 is 11.6 Å². The molecule has 3 aromatic rings.